The Morgan fingerprint density at radius 1 is 1.55 bits per heavy atom. The molecule has 1 aliphatic heterocycles. The first-order valence-corrected chi connectivity index (χ1v) is 8.82. The van der Waals surface area contributed by atoms with Gasteiger partial charge in [0.25, 0.3) is 0 Å². The van der Waals surface area contributed by atoms with Gasteiger partial charge < -0.3 is 9.67 Å². The van der Waals surface area contributed by atoms with Crippen molar-refractivity contribution in [1.29, 1.82) is 0 Å². The molecule has 1 saturated heterocycles. The first-order valence-electron chi connectivity index (χ1n) is 6.84. The summed E-state index contributed by atoms with van der Waals surface area (Å²) in [4.78, 5) is 10.7. The van der Waals surface area contributed by atoms with E-state index in [0.29, 0.717) is 5.92 Å². The number of rotatable bonds is 6. The van der Waals surface area contributed by atoms with E-state index in [2.05, 4.69) is 35.5 Å². The minimum atomic E-state index is -0.822. The summed E-state index contributed by atoms with van der Waals surface area (Å²) in [7, 11) is 0. The normalized spacial score (nSPS) is 22.6. The summed E-state index contributed by atoms with van der Waals surface area (Å²) in [6.45, 7) is 7.36. The lowest BCUT2D eigenvalue weighted by molar-refractivity contribution is -0.133. The van der Waals surface area contributed by atoms with Gasteiger partial charge in [-0.15, -0.1) is 22.0 Å². The van der Waals surface area contributed by atoms with Crippen molar-refractivity contribution in [3.05, 3.63) is 5.82 Å². The quantitative estimate of drug-likeness (QED) is 0.814. The molecule has 1 aliphatic rings. The van der Waals surface area contributed by atoms with Crippen LogP contribution in [0.15, 0.2) is 5.16 Å². The summed E-state index contributed by atoms with van der Waals surface area (Å²) in [5, 5.41) is 18.2. The van der Waals surface area contributed by atoms with Gasteiger partial charge in [0.05, 0.1) is 10.5 Å². The number of hydrogen-bond donors (Lipinski definition) is 1. The molecule has 0 aliphatic carbocycles. The number of carboxylic acids is 1. The van der Waals surface area contributed by atoms with Gasteiger partial charge >= 0.3 is 5.97 Å². The second-order valence-electron chi connectivity index (χ2n) is 5.68. The number of hydrogen-bond acceptors (Lipinski definition) is 5. The van der Waals surface area contributed by atoms with E-state index in [1.807, 2.05) is 11.8 Å². The summed E-state index contributed by atoms with van der Waals surface area (Å²) < 4.78 is 2.14. The van der Waals surface area contributed by atoms with Crippen LogP contribution in [0.3, 0.4) is 0 Å². The largest absolute Gasteiger partial charge is 0.481 e. The highest BCUT2D eigenvalue weighted by Gasteiger charge is 2.37. The Kier molecular flexibility index (Phi) is 5.01. The third kappa shape index (κ3) is 3.49. The molecule has 0 bridgehead atoms. The maximum Gasteiger partial charge on any atom is 0.313 e. The van der Waals surface area contributed by atoms with Crippen molar-refractivity contribution in [2.45, 2.75) is 50.1 Å². The van der Waals surface area contributed by atoms with Crippen molar-refractivity contribution in [3.63, 3.8) is 0 Å². The predicted octanol–water partition coefficient (Wildman–Crippen LogP) is 2.85. The first kappa shape index (κ1) is 15.7. The minimum Gasteiger partial charge on any atom is -0.481 e. The van der Waals surface area contributed by atoms with Crippen molar-refractivity contribution in [2.24, 2.45) is 5.92 Å². The molecule has 0 aromatic carbocycles. The highest BCUT2D eigenvalue weighted by atomic mass is 32.2. The molecule has 20 heavy (non-hydrogen) atoms. The third-order valence-corrected chi connectivity index (χ3v) is 5.75. The molecule has 0 amide bonds. The standard InChI is InChI=1S/C13H21N3O2S2/c1-9(2)7-16-11(13(3)5-4-6-20-13)14-15-12(16)19-8-10(17)18/h9H,4-8H2,1-3H3,(H,17,18). The maximum atomic E-state index is 10.7. The highest BCUT2D eigenvalue weighted by molar-refractivity contribution is 8.00. The van der Waals surface area contributed by atoms with Crippen molar-refractivity contribution in [1.82, 2.24) is 14.8 Å². The second-order valence-corrected chi connectivity index (χ2v) is 8.22. The fourth-order valence-electron chi connectivity index (χ4n) is 2.40. The summed E-state index contributed by atoms with van der Waals surface area (Å²) in [6, 6.07) is 0. The van der Waals surface area contributed by atoms with Crippen LogP contribution in [0.5, 0.6) is 0 Å². The average molecular weight is 315 g/mol. The average Bonchev–Trinajstić information content (AvgIpc) is 2.94. The molecule has 0 saturated carbocycles. The maximum absolute atomic E-state index is 10.7. The molecule has 0 spiro atoms. The van der Waals surface area contributed by atoms with E-state index in [1.54, 1.807) is 0 Å². The fourth-order valence-corrected chi connectivity index (χ4v) is 4.37. The van der Waals surface area contributed by atoms with Gasteiger partial charge in [-0.1, -0.05) is 25.6 Å². The van der Waals surface area contributed by atoms with E-state index in [-0.39, 0.29) is 10.5 Å². The molecule has 5 nitrogen and oxygen atoms in total. The molecular formula is C13H21N3O2S2. The van der Waals surface area contributed by atoms with Crippen LogP contribution in [-0.2, 0) is 16.1 Å². The molecule has 7 heteroatoms. The number of carbonyl (C=O) groups is 1. The number of carboxylic acid groups (broad SMARTS) is 1. The number of nitrogens with zero attached hydrogens (tertiary/aromatic N) is 3. The SMILES string of the molecule is CC(C)Cn1c(SCC(=O)O)nnc1C1(C)CCCS1. The zero-order valence-electron chi connectivity index (χ0n) is 12.1. The monoisotopic (exact) mass is 315 g/mol. The topological polar surface area (TPSA) is 68.0 Å². The van der Waals surface area contributed by atoms with Gasteiger partial charge in [-0.05, 0) is 31.4 Å². The van der Waals surface area contributed by atoms with E-state index in [9.17, 15) is 4.79 Å². The summed E-state index contributed by atoms with van der Waals surface area (Å²) in [5.74, 6) is 1.84. The first-order chi connectivity index (χ1) is 9.42. The van der Waals surface area contributed by atoms with E-state index >= 15 is 0 Å². The van der Waals surface area contributed by atoms with Crippen LogP contribution in [0.2, 0.25) is 0 Å². The molecule has 0 radical (unpaired) electrons. The highest BCUT2D eigenvalue weighted by Crippen LogP contribution is 2.46. The second kappa shape index (κ2) is 6.39. The van der Waals surface area contributed by atoms with Gasteiger partial charge in [0.1, 0.15) is 5.82 Å². The third-order valence-electron chi connectivity index (χ3n) is 3.28. The zero-order chi connectivity index (χ0) is 14.8. The van der Waals surface area contributed by atoms with E-state index in [0.717, 1.165) is 29.7 Å². The molecule has 1 unspecified atom stereocenters. The summed E-state index contributed by atoms with van der Waals surface area (Å²) >= 11 is 3.18. The molecule has 2 heterocycles. The van der Waals surface area contributed by atoms with Gasteiger partial charge in [0.15, 0.2) is 5.16 Å². The summed E-state index contributed by atoms with van der Waals surface area (Å²) in [6.07, 6.45) is 2.31. The molecule has 1 aromatic heterocycles. The Hall–Kier alpha value is -0.690. The van der Waals surface area contributed by atoms with Crippen LogP contribution in [-0.4, -0.2) is 37.3 Å². The Bertz CT molecular complexity index is 482. The van der Waals surface area contributed by atoms with E-state index in [4.69, 9.17) is 5.11 Å². The molecule has 1 N–H and O–H groups in total. The van der Waals surface area contributed by atoms with Crippen LogP contribution in [0.25, 0.3) is 0 Å². The predicted molar refractivity (Wildman–Crippen MR) is 82.3 cm³/mol. The molecule has 1 fully saturated rings. The molecule has 112 valence electrons. The van der Waals surface area contributed by atoms with Gasteiger partial charge in [-0.25, -0.2) is 0 Å². The minimum absolute atomic E-state index is 0.0178. The van der Waals surface area contributed by atoms with Gasteiger partial charge in [0, 0.05) is 6.54 Å². The zero-order valence-corrected chi connectivity index (χ0v) is 13.8. The van der Waals surface area contributed by atoms with Crippen molar-refractivity contribution in [2.75, 3.05) is 11.5 Å². The van der Waals surface area contributed by atoms with Gasteiger partial charge in [-0.2, -0.15) is 0 Å². The fraction of sp³-hybridized carbons (Fsp3) is 0.769. The molecule has 1 atom stereocenters. The Labute approximate surface area is 127 Å². The number of aromatic nitrogens is 3. The Morgan fingerprint density at radius 3 is 2.85 bits per heavy atom. The lowest BCUT2D eigenvalue weighted by Gasteiger charge is -2.23. The van der Waals surface area contributed by atoms with Gasteiger partial charge in [-0.3, -0.25) is 4.79 Å². The van der Waals surface area contributed by atoms with Gasteiger partial charge in [0.2, 0.25) is 0 Å². The summed E-state index contributed by atoms with van der Waals surface area (Å²) in [5.41, 5.74) is 0. The molecule has 2 rings (SSSR count). The van der Waals surface area contributed by atoms with Crippen molar-refractivity contribution >= 4 is 29.5 Å². The van der Waals surface area contributed by atoms with Crippen LogP contribution >= 0.6 is 23.5 Å². The molecular weight excluding hydrogens is 294 g/mol. The van der Waals surface area contributed by atoms with Crippen LogP contribution in [0.4, 0.5) is 0 Å². The van der Waals surface area contributed by atoms with Crippen LogP contribution in [0.1, 0.15) is 39.4 Å². The van der Waals surface area contributed by atoms with E-state index < -0.39 is 5.97 Å². The van der Waals surface area contributed by atoms with Crippen molar-refractivity contribution < 1.29 is 9.90 Å². The van der Waals surface area contributed by atoms with Crippen LogP contribution in [0, 0.1) is 5.92 Å². The van der Waals surface area contributed by atoms with Crippen molar-refractivity contribution in [3.8, 4) is 0 Å². The number of thioether (sulfide) groups is 2. The van der Waals surface area contributed by atoms with Crippen LogP contribution < -0.4 is 0 Å². The molecule has 1 aromatic rings. The van der Waals surface area contributed by atoms with E-state index in [1.165, 1.54) is 18.2 Å². The lowest BCUT2D eigenvalue weighted by atomic mass is 10.0. The number of aliphatic carboxylic acids is 1. The smallest absolute Gasteiger partial charge is 0.313 e. The Morgan fingerprint density at radius 2 is 2.30 bits per heavy atom. The Balaban J connectivity index is 2.29. The lowest BCUT2D eigenvalue weighted by Crippen LogP contribution is -2.22.